The highest BCUT2D eigenvalue weighted by Crippen LogP contribution is 2.32. The van der Waals surface area contributed by atoms with Crippen LogP contribution in [0.2, 0.25) is 0 Å². The third-order valence-electron chi connectivity index (χ3n) is 3.88. The molecule has 0 atom stereocenters. The van der Waals surface area contributed by atoms with E-state index < -0.39 is 0 Å². The van der Waals surface area contributed by atoms with Crippen molar-refractivity contribution in [3.8, 4) is 0 Å². The van der Waals surface area contributed by atoms with Gasteiger partial charge in [0.05, 0.1) is 10.2 Å². The van der Waals surface area contributed by atoms with E-state index in [0.717, 1.165) is 43.9 Å². The fraction of sp³-hybridized carbons (Fsp3) is 0.750. The van der Waals surface area contributed by atoms with Crippen LogP contribution in [0.5, 0.6) is 0 Å². The fourth-order valence-electron chi connectivity index (χ4n) is 2.62. The minimum absolute atomic E-state index is 0.0482. The molecule has 3 nitrogen and oxygen atoms in total. The SMILES string of the molecule is CCN(CC)CCCN(C)c1c(C(C)(C)C)c(=S)c1=O. The highest BCUT2D eigenvalue weighted by molar-refractivity contribution is 7.71. The van der Waals surface area contributed by atoms with Gasteiger partial charge in [-0.15, -0.1) is 0 Å². The van der Waals surface area contributed by atoms with Gasteiger partial charge in [-0.05, 0) is 31.5 Å². The number of nitrogens with zero attached hydrogens (tertiary/aromatic N) is 2. The first kappa shape index (κ1) is 17.3. The lowest BCUT2D eigenvalue weighted by Gasteiger charge is -2.31. The van der Waals surface area contributed by atoms with Crippen LogP contribution < -0.4 is 10.3 Å². The molecule has 0 amide bonds. The Balaban J connectivity index is 2.70. The van der Waals surface area contributed by atoms with E-state index in [0.29, 0.717) is 4.51 Å². The molecule has 0 aromatic heterocycles. The van der Waals surface area contributed by atoms with Gasteiger partial charge in [-0.1, -0.05) is 46.8 Å². The van der Waals surface area contributed by atoms with E-state index in [-0.39, 0.29) is 10.8 Å². The van der Waals surface area contributed by atoms with Crippen LogP contribution in [-0.2, 0) is 5.41 Å². The standard InChI is InChI=1S/C16H28N2OS/c1-7-18(8-2)11-9-10-17(6)13-12(16(3,4)5)15(20)14(13)19/h7-11H2,1-6H3. The van der Waals surface area contributed by atoms with Gasteiger partial charge in [0.2, 0.25) is 5.43 Å². The predicted octanol–water partition coefficient (Wildman–Crippen LogP) is 3.12. The van der Waals surface area contributed by atoms with Crippen LogP contribution in [0.15, 0.2) is 4.79 Å². The quantitative estimate of drug-likeness (QED) is 0.721. The fourth-order valence-corrected chi connectivity index (χ4v) is 3.12. The van der Waals surface area contributed by atoms with Crippen molar-refractivity contribution >= 4 is 17.9 Å². The van der Waals surface area contributed by atoms with E-state index in [2.05, 4.69) is 44.4 Å². The number of anilines is 1. The molecule has 0 heterocycles. The summed E-state index contributed by atoms with van der Waals surface area (Å²) in [6.07, 6.45) is 1.07. The molecule has 20 heavy (non-hydrogen) atoms. The third kappa shape index (κ3) is 3.67. The summed E-state index contributed by atoms with van der Waals surface area (Å²) in [6, 6.07) is 0. The zero-order valence-corrected chi connectivity index (χ0v) is 14.6. The second-order valence-electron chi connectivity index (χ2n) is 6.43. The summed E-state index contributed by atoms with van der Waals surface area (Å²) in [4.78, 5) is 16.5. The summed E-state index contributed by atoms with van der Waals surface area (Å²) in [5, 5.41) is 0. The van der Waals surface area contributed by atoms with Crippen molar-refractivity contribution in [2.75, 3.05) is 38.1 Å². The maximum Gasteiger partial charge on any atom is 0.220 e. The van der Waals surface area contributed by atoms with Gasteiger partial charge < -0.3 is 9.80 Å². The Morgan fingerprint density at radius 3 is 2.10 bits per heavy atom. The van der Waals surface area contributed by atoms with Crippen LogP contribution >= 0.6 is 12.2 Å². The minimum Gasteiger partial charge on any atom is -0.371 e. The first-order valence-corrected chi connectivity index (χ1v) is 7.92. The first-order chi connectivity index (χ1) is 9.23. The van der Waals surface area contributed by atoms with Crippen molar-refractivity contribution in [1.29, 1.82) is 0 Å². The molecule has 0 N–H and O–H groups in total. The average Bonchev–Trinajstić information content (AvgIpc) is 2.37. The normalized spacial score (nSPS) is 12.3. The molecule has 0 spiro atoms. The van der Waals surface area contributed by atoms with E-state index in [9.17, 15) is 4.79 Å². The number of rotatable bonds is 7. The van der Waals surface area contributed by atoms with Gasteiger partial charge in [0.15, 0.2) is 0 Å². The van der Waals surface area contributed by atoms with E-state index in [1.807, 2.05) is 7.05 Å². The Morgan fingerprint density at radius 2 is 1.65 bits per heavy atom. The Hall–Kier alpha value is -0.740. The van der Waals surface area contributed by atoms with Gasteiger partial charge in [-0.3, -0.25) is 4.79 Å². The van der Waals surface area contributed by atoms with Gasteiger partial charge in [-0.2, -0.15) is 0 Å². The second-order valence-corrected chi connectivity index (χ2v) is 6.84. The molecule has 0 fully saturated rings. The summed E-state index contributed by atoms with van der Waals surface area (Å²) < 4.78 is 0.531. The van der Waals surface area contributed by atoms with E-state index in [4.69, 9.17) is 12.2 Å². The molecular weight excluding hydrogens is 268 g/mol. The molecule has 0 bridgehead atoms. The molecule has 0 unspecified atom stereocenters. The Bertz CT molecular complexity index is 505. The Morgan fingerprint density at radius 1 is 1.10 bits per heavy atom. The maximum atomic E-state index is 12.0. The zero-order chi connectivity index (χ0) is 15.5. The lowest BCUT2D eigenvalue weighted by Crippen LogP contribution is -2.36. The van der Waals surface area contributed by atoms with Crippen molar-refractivity contribution in [2.24, 2.45) is 0 Å². The first-order valence-electron chi connectivity index (χ1n) is 7.51. The van der Waals surface area contributed by atoms with Crippen molar-refractivity contribution in [3.63, 3.8) is 0 Å². The van der Waals surface area contributed by atoms with Crippen molar-refractivity contribution in [1.82, 2.24) is 4.90 Å². The summed E-state index contributed by atoms with van der Waals surface area (Å²) in [6.45, 7) is 14.9. The number of hydrogen-bond acceptors (Lipinski definition) is 4. The molecule has 1 aromatic carbocycles. The van der Waals surface area contributed by atoms with Crippen molar-refractivity contribution in [3.05, 3.63) is 20.3 Å². The lowest BCUT2D eigenvalue weighted by atomic mass is 9.82. The van der Waals surface area contributed by atoms with Crippen LogP contribution in [0.1, 0.15) is 46.6 Å². The van der Waals surface area contributed by atoms with E-state index in [1.165, 1.54) is 0 Å². The second kappa shape index (κ2) is 6.81. The number of hydrogen-bond donors (Lipinski definition) is 0. The van der Waals surface area contributed by atoms with Crippen LogP contribution in [-0.4, -0.2) is 38.1 Å². The maximum absolute atomic E-state index is 12.0. The van der Waals surface area contributed by atoms with Gasteiger partial charge in [0, 0.05) is 19.2 Å². The monoisotopic (exact) mass is 296 g/mol. The smallest absolute Gasteiger partial charge is 0.220 e. The molecule has 0 aliphatic heterocycles. The van der Waals surface area contributed by atoms with Crippen LogP contribution in [0.4, 0.5) is 5.69 Å². The third-order valence-corrected chi connectivity index (χ3v) is 4.27. The Labute approximate surface area is 128 Å². The van der Waals surface area contributed by atoms with Gasteiger partial charge in [0.25, 0.3) is 0 Å². The van der Waals surface area contributed by atoms with Crippen LogP contribution in [0, 0.1) is 4.51 Å². The van der Waals surface area contributed by atoms with Gasteiger partial charge in [0.1, 0.15) is 0 Å². The molecule has 0 radical (unpaired) electrons. The van der Waals surface area contributed by atoms with Gasteiger partial charge >= 0.3 is 0 Å². The average molecular weight is 296 g/mol. The largest absolute Gasteiger partial charge is 0.371 e. The molecule has 0 aliphatic carbocycles. The summed E-state index contributed by atoms with van der Waals surface area (Å²) in [7, 11) is 2.00. The minimum atomic E-state index is -0.0482. The van der Waals surface area contributed by atoms with E-state index >= 15 is 0 Å². The molecule has 0 saturated heterocycles. The highest BCUT2D eigenvalue weighted by Gasteiger charge is 2.29. The molecule has 1 rings (SSSR count). The van der Waals surface area contributed by atoms with Gasteiger partial charge in [-0.25, -0.2) is 0 Å². The summed E-state index contributed by atoms with van der Waals surface area (Å²) in [5.41, 5.74) is 1.90. The topological polar surface area (TPSA) is 23.6 Å². The molecule has 114 valence electrons. The molecule has 0 aliphatic rings. The highest BCUT2D eigenvalue weighted by atomic mass is 32.1. The summed E-state index contributed by atoms with van der Waals surface area (Å²) >= 11 is 5.22. The molecule has 4 heteroatoms. The Kier molecular flexibility index (Phi) is 5.90. The van der Waals surface area contributed by atoms with E-state index in [1.54, 1.807) is 0 Å². The summed E-state index contributed by atoms with van der Waals surface area (Å²) in [5.74, 6) is 0. The zero-order valence-electron chi connectivity index (χ0n) is 13.7. The predicted molar refractivity (Wildman–Crippen MR) is 90.3 cm³/mol. The van der Waals surface area contributed by atoms with Crippen LogP contribution in [0.25, 0.3) is 0 Å². The lowest BCUT2D eigenvalue weighted by molar-refractivity contribution is 0.301. The van der Waals surface area contributed by atoms with Crippen molar-refractivity contribution in [2.45, 2.75) is 46.5 Å². The van der Waals surface area contributed by atoms with Crippen molar-refractivity contribution < 1.29 is 0 Å². The molecular formula is C16H28N2OS. The van der Waals surface area contributed by atoms with Crippen LogP contribution in [0.3, 0.4) is 0 Å². The molecule has 0 saturated carbocycles. The molecule has 1 aromatic rings.